The van der Waals surface area contributed by atoms with Crippen molar-refractivity contribution in [2.45, 2.75) is 83.2 Å². The number of rotatable bonds is 2. The molecule has 2 bridgehead atoms. The zero-order valence-electron chi connectivity index (χ0n) is 12.9. The third kappa shape index (κ3) is 3.29. The number of carbonyl (C=O) groups excluding carboxylic acids is 1. The van der Waals surface area contributed by atoms with Gasteiger partial charge in [-0.3, -0.25) is 0 Å². The lowest BCUT2D eigenvalue weighted by molar-refractivity contribution is 0.100. The Morgan fingerprint density at radius 2 is 1.70 bits per heavy atom. The lowest BCUT2D eigenvalue weighted by Gasteiger charge is -2.44. The van der Waals surface area contributed by atoms with Gasteiger partial charge in [-0.25, -0.2) is 4.79 Å². The van der Waals surface area contributed by atoms with Crippen LogP contribution in [0.2, 0.25) is 0 Å². The first kappa shape index (κ1) is 14.2. The Balaban J connectivity index is 1.51. The van der Waals surface area contributed by atoms with Crippen LogP contribution in [0.1, 0.15) is 71.1 Å². The van der Waals surface area contributed by atoms with Crippen molar-refractivity contribution in [3.8, 4) is 0 Å². The Morgan fingerprint density at radius 3 is 2.50 bits per heavy atom. The topological polar surface area (TPSA) is 41.1 Å². The first-order valence-electron chi connectivity index (χ1n) is 8.79. The molecule has 0 aromatic rings. The summed E-state index contributed by atoms with van der Waals surface area (Å²) in [5, 5.41) is 6.53. The molecule has 4 unspecified atom stereocenters. The Bertz CT molecular complexity index is 336. The van der Waals surface area contributed by atoms with E-state index < -0.39 is 0 Å². The van der Waals surface area contributed by atoms with E-state index in [2.05, 4.69) is 17.6 Å². The van der Waals surface area contributed by atoms with E-state index in [4.69, 9.17) is 0 Å². The number of carbonyl (C=O) groups is 1. The van der Waals surface area contributed by atoms with E-state index in [-0.39, 0.29) is 6.03 Å². The molecule has 3 rings (SSSR count). The average Bonchev–Trinajstić information content (AvgIpc) is 2.45. The van der Waals surface area contributed by atoms with Crippen LogP contribution in [0, 0.1) is 17.8 Å². The number of amides is 2. The molecule has 0 heterocycles. The van der Waals surface area contributed by atoms with Gasteiger partial charge in [-0.05, 0) is 49.9 Å². The van der Waals surface area contributed by atoms with Gasteiger partial charge in [-0.15, -0.1) is 0 Å². The van der Waals surface area contributed by atoms with Crippen LogP contribution in [0.3, 0.4) is 0 Å². The Morgan fingerprint density at radius 1 is 0.900 bits per heavy atom. The van der Waals surface area contributed by atoms with E-state index in [9.17, 15) is 4.79 Å². The van der Waals surface area contributed by atoms with Gasteiger partial charge in [-0.2, -0.15) is 0 Å². The molecule has 0 spiro atoms. The second-order valence-electron chi connectivity index (χ2n) is 7.48. The third-order valence-corrected chi connectivity index (χ3v) is 5.89. The minimum absolute atomic E-state index is 0.0952. The van der Waals surface area contributed by atoms with Crippen LogP contribution in [-0.2, 0) is 0 Å². The monoisotopic (exact) mass is 278 g/mol. The zero-order chi connectivity index (χ0) is 13.9. The molecule has 114 valence electrons. The van der Waals surface area contributed by atoms with Crippen LogP contribution in [-0.4, -0.2) is 18.1 Å². The van der Waals surface area contributed by atoms with Crippen molar-refractivity contribution in [1.29, 1.82) is 0 Å². The molecular weight excluding hydrogens is 248 g/mol. The van der Waals surface area contributed by atoms with Crippen LogP contribution in [0.15, 0.2) is 0 Å². The molecule has 4 atom stereocenters. The molecule has 0 aromatic carbocycles. The summed E-state index contributed by atoms with van der Waals surface area (Å²) < 4.78 is 0. The fraction of sp³-hybridized carbons (Fsp3) is 0.941. The molecule has 3 saturated carbocycles. The summed E-state index contributed by atoms with van der Waals surface area (Å²) in [6.07, 6.45) is 13.0. The van der Waals surface area contributed by atoms with Gasteiger partial charge in [0.1, 0.15) is 0 Å². The van der Waals surface area contributed by atoms with E-state index in [0.717, 1.165) is 11.8 Å². The molecule has 3 aliphatic rings. The second kappa shape index (κ2) is 6.36. The maximum atomic E-state index is 12.3. The number of nitrogens with one attached hydrogen (secondary N) is 2. The largest absolute Gasteiger partial charge is 0.335 e. The summed E-state index contributed by atoms with van der Waals surface area (Å²) in [4.78, 5) is 12.3. The minimum atomic E-state index is 0.0952. The van der Waals surface area contributed by atoms with Crippen molar-refractivity contribution in [2.24, 2.45) is 17.8 Å². The molecule has 3 aliphatic carbocycles. The molecule has 0 saturated heterocycles. The third-order valence-electron chi connectivity index (χ3n) is 5.89. The smallest absolute Gasteiger partial charge is 0.315 e. The standard InChI is InChI=1S/C17H30N2O/c1-12-10-13-6-5-7-14(11-13)16(12)19-17(20)18-15-8-3-2-4-9-15/h12-16H,2-11H2,1H3,(H2,18,19,20). The Kier molecular flexibility index (Phi) is 4.52. The number of hydrogen-bond donors (Lipinski definition) is 2. The summed E-state index contributed by atoms with van der Waals surface area (Å²) in [5.41, 5.74) is 0. The van der Waals surface area contributed by atoms with E-state index in [0.29, 0.717) is 18.0 Å². The lowest BCUT2D eigenvalue weighted by atomic mass is 9.66. The predicted octanol–water partition coefficient (Wildman–Crippen LogP) is 3.83. The summed E-state index contributed by atoms with van der Waals surface area (Å²) >= 11 is 0. The number of urea groups is 1. The highest BCUT2D eigenvalue weighted by Gasteiger charge is 2.38. The van der Waals surface area contributed by atoms with Crippen molar-refractivity contribution in [3.63, 3.8) is 0 Å². The maximum Gasteiger partial charge on any atom is 0.315 e. The highest BCUT2D eigenvalue weighted by molar-refractivity contribution is 5.74. The lowest BCUT2D eigenvalue weighted by Crippen LogP contribution is -2.54. The quantitative estimate of drug-likeness (QED) is 0.792. The molecule has 3 nitrogen and oxygen atoms in total. The molecule has 3 heteroatoms. The minimum Gasteiger partial charge on any atom is -0.335 e. The molecule has 0 radical (unpaired) electrons. The van der Waals surface area contributed by atoms with Crippen LogP contribution >= 0.6 is 0 Å². The van der Waals surface area contributed by atoms with Crippen LogP contribution in [0.25, 0.3) is 0 Å². The first-order chi connectivity index (χ1) is 9.72. The van der Waals surface area contributed by atoms with Crippen LogP contribution < -0.4 is 10.6 Å². The Hall–Kier alpha value is -0.730. The predicted molar refractivity (Wildman–Crippen MR) is 81.6 cm³/mol. The summed E-state index contributed by atoms with van der Waals surface area (Å²) in [6, 6.07) is 0.926. The Labute approximate surface area is 123 Å². The number of fused-ring (bicyclic) bond motifs is 2. The van der Waals surface area contributed by atoms with Crippen molar-refractivity contribution >= 4 is 6.03 Å². The SMILES string of the molecule is CC1CC2CCCC(C2)C1NC(=O)NC1CCCCC1. The van der Waals surface area contributed by atoms with Gasteiger partial charge in [0.15, 0.2) is 0 Å². The van der Waals surface area contributed by atoms with Gasteiger partial charge in [0.25, 0.3) is 0 Å². The summed E-state index contributed by atoms with van der Waals surface area (Å²) in [6.45, 7) is 2.33. The molecule has 0 aliphatic heterocycles. The normalized spacial score (nSPS) is 38.2. The molecular formula is C17H30N2O. The van der Waals surface area contributed by atoms with Crippen LogP contribution in [0.4, 0.5) is 4.79 Å². The second-order valence-corrected chi connectivity index (χ2v) is 7.48. The fourth-order valence-electron chi connectivity index (χ4n) is 4.90. The van der Waals surface area contributed by atoms with Crippen molar-refractivity contribution in [2.75, 3.05) is 0 Å². The van der Waals surface area contributed by atoms with E-state index in [1.54, 1.807) is 0 Å². The van der Waals surface area contributed by atoms with Gasteiger partial charge in [0.05, 0.1) is 0 Å². The maximum absolute atomic E-state index is 12.3. The van der Waals surface area contributed by atoms with E-state index in [1.165, 1.54) is 64.2 Å². The zero-order valence-corrected chi connectivity index (χ0v) is 12.9. The van der Waals surface area contributed by atoms with Gasteiger partial charge in [0, 0.05) is 12.1 Å². The van der Waals surface area contributed by atoms with Crippen molar-refractivity contribution in [3.05, 3.63) is 0 Å². The first-order valence-corrected chi connectivity index (χ1v) is 8.79. The molecule has 0 aromatic heterocycles. The fourth-order valence-corrected chi connectivity index (χ4v) is 4.90. The molecule has 20 heavy (non-hydrogen) atoms. The number of hydrogen-bond acceptors (Lipinski definition) is 1. The van der Waals surface area contributed by atoms with Gasteiger partial charge >= 0.3 is 6.03 Å². The van der Waals surface area contributed by atoms with E-state index >= 15 is 0 Å². The molecule has 3 fully saturated rings. The summed E-state index contributed by atoms with van der Waals surface area (Å²) in [5.74, 6) is 2.31. The van der Waals surface area contributed by atoms with Crippen molar-refractivity contribution < 1.29 is 4.79 Å². The summed E-state index contributed by atoms with van der Waals surface area (Å²) in [7, 11) is 0. The average molecular weight is 278 g/mol. The van der Waals surface area contributed by atoms with Crippen molar-refractivity contribution in [1.82, 2.24) is 10.6 Å². The van der Waals surface area contributed by atoms with Gasteiger partial charge < -0.3 is 10.6 Å². The molecule has 2 N–H and O–H groups in total. The highest BCUT2D eigenvalue weighted by atomic mass is 16.2. The van der Waals surface area contributed by atoms with Gasteiger partial charge in [0.2, 0.25) is 0 Å². The highest BCUT2D eigenvalue weighted by Crippen LogP contribution is 2.42. The van der Waals surface area contributed by atoms with E-state index in [1.807, 2.05) is 0 Å². The van der Waals surface area contributed by atoms with Crippen LogP contribution in [0.5, 0.6) is 0 Å². The van der Waals surface area contributed by atoms with Gasteiger partial charge in [-0.1, -0.05) is 39.0 Å². The molecule has 2 amide bonds.